The van der Waals surface area contributed by atoms with Crippen molar-refractivity contribution in [2.75, 3.05) is 29.1 Å². The molecule has 4 heterocycles. The minimum absolute atomic E-state index is 0.0610. The fraction of sp³-hybridized carbons (Fsp3) is 0.421. The fourth-order valence-electron chi connectivity index (χ4n) is 3.37. The summed E-state index contributed by atoms with van der Waals surface area (Å²) in [6, 6.07) is 0. The van der Waals surface area contributed by atoms with Crippen LogP contribution in [0.1, 0.15) is 35.2 Å². The van der Waals surface area contributed by atoms with Crippen LogP contribution in [0.2, 0.25) is 0 Å². The van der Waals surface area contributed by atoms with Crippen molar-refractivity contribution in [1.29, 1.82) is 0 Å². The van der Waals surface area contributed by atoms with E-state index in [1.54, 1.807) is 0 Å². The third kappa shape index (κ3) is 3.78. The maximum absolute atomic E-state index is 11.7. The van der Waals surface area contributed by atoms with Gasteiger partial charge in [-0.25, -0.2) is 4.98 Å². The van der Waals surface area contributed by atoms with Crippen molar-refractivity contribution < 1.29 is 9.32 Å². The van der Waals surface area contributed by atoms with Crippen LogP contribution >= 0.6 is 0 Å². The van der Waals surface area contributed by atoms with Gasteiger partial charge in [-0.1, -0.05) is 12.1 Å². The van der Waals surface area contributed by atoms with Crippen molar-refractivity contribution in [3.8, 4) is 0 Å². The van der Waals surface area contributed by atoms with Gasteiger partial charge in [0, 0.05) is 30.9 Å². The lowest BCUT2D eigenvalue weighted by molar-refractivity contribution is -0.115. The van der Waals surface area contributed by atoms with Crippen LogP contribution in [0.15, 0.2) is 16.9 Å². The number of fused-ring (bicyclic) bond motifs is 1. The summed E-state index contributed by atoms with van der Waals surface area (Å²) in [6.07, 6.45) is 4.63. The van der Waals surface area contributed by atoms with Crippen molar-refractivity contribution in [3.63, 3.8) is 0 Å². The molecule has 10 nitrogen and oxygen atoms in total. The van der Waals surface area contributed by atoms with Gasteiger partial charge >= 0.3 is 0 Å². The maximum Gasteiger partial charge on any atom is 0.244 e. The van der Waals surface area contributed by atoms with E-state index in [9.17, 15) is 4.79 Å². The molecule has 0 bridgehead atoms. The second-order valence-electron chi connectivity index (χ2n) is 7.15. The quantitative estimate of drug-likeness (QED) is 0.649. The topological polar surface area (TPSA) is 114 Å². The van der Waals surface area contributed by atoms with Gasteiger partial charge in [-0.2, -0.15) is 10.1 Å². The van der Waals surface area contributed by atoms with Gasteiger partial charge < -0.3 is 20.1 Å². The van der Waals surface area contributed by atoms with E-state index in [0.717, 1.165) is 34.7 Å². The molecular weight excluding hydrogens is 372 g/mol. The van der Waals surface area contributed by atoms with Gasteiger partial charge in [0.15, 0.2) is 5.82 Å². The van der Waals surface area contributed by atoms with Gasteiger partial charge in [0.2, 0.25) is 11.9 Å². The van der Waals surface area contributed by atoms with Crippen molar-refractivity contribution in [2.24, 2.45) is 0 Å². The highest BCUT2D eigenvalue weighted by Gasteiger charge is 2.23. The van der Waals surface area contributed by atoms with Crippen LogP contribution in [-0.4, -0.2) is 44.4 Å². The molecule has 0 unspecified atom stereocenters. The van der Waals surface area contributed by atoms with Crippen molar-refractivity contribution >= 4 is 23.4 Å². The molecule has 0 aliphatic carbocycles. The van der Waals surface area contributed by atoms with Gasteiger partial charge in [0.25, 0.3) is 0 Å². The maximum atomic E-state index is 11.7. The van der Waals surface area contributed by atoms with E-state index in [0.29, 0.717) is 30.5 Å². The first-order valence-electron chi connectivity index (χ1n) is 9.53. The summed E-state index contributed by atoms with van der Waals surface area (Å²) < 4.78 is 7.17. The monoisotopic (exact) mass is 396 g/mol. The Labute approximate surface area is 168 Å². The van der Waals surface area contributed by atoms with Crippen molar-refractivity contribution in [3.05, 3.63) is 40.7 Å². The van der Waals surface area contributed by atoms with Gasteiger partial charge in [-0.05, 0) is 20.3 Å². The molecule has 10 heteroatoms. The van der Waals surface area contributed by atoms with Crippen molar-refractivity contribution in [2.45, 2.75) is 40.3 Å². The lowest BCUT2D eigenvalue weighted by Crippen LogP contribution is -2.36. The number of aryl methyl sites for hydroxylation is 3. The molecule has 1 amide bonds. The molecule has 0 fully saturated rings. The average molecular weight is 396 g/mol. The summed E-state index contributed by atoms with van der Waals surface area (Å²) >= 11 is 0. The Morgan fingerprint density at radius 2 is 2.14 bits per heavy atom. The SMILES string of the molecule is CCc1noc(C)c1Cn1cc(CNc2nc(C)c3c(n2)N(C)CC(=O)N3)cn1. The summed E-state index contributed by atoms with van der Waals surface area (Å²) in [5.41, 5.74) is 4.44. The number of hydrogen-bond donors (Lipinski definition) is 2. The van der Waals surface area contributed by atoms with Crippen LogP contribution < -0.4 is 15.5 Å². The molecule has 29 heavy (non-hydrogen) atoms. The Morgan fingerprint density at radius 3 is 2.93 bits per heavy atom. The minimum atomic E-state index is -0.0610. The third-order valence-corrected chi connectivity index (χ3v) is 4.94. The third-order valence-electron chi connectivity index (χ3n) is 4.94. The van der Waals surface area contributed by atoms with Gasteiger partial charge in [-0.15, -0.1) is 0 Å². The normalized spacial score (nSPS) is 13.4. The Kier molecular flexibility index (Phi) is 4.91. The Hall–Kier alpha value is -3.43. The highest BCUT2D eigenvalue weighted by atomic mass is 16.5. The van der Waals surface area contributed by atoms with Crippen LogP contribution in [0, 0.1) is 13.8 Å². The van der Waals surface area contributed by atoms with E-state index in [1.807, 2.05) is 42.9 Å². The molecule has 0 spiro atoms. The van der Waals surface area contributed by atoms with Crippen LogP contribution in [0.5, 0.6) is 0 Å². The zero-order chi connectivity index (χ0) is 20.5. The summed E-state index contributed by atoms with van der Waals surface area (Å²) in [4.78, 5) is 22.5. The number of carbonyl (C=O) groups is 1. The number of anilines is 3. The van der Waals surface area contributed by atoms with E-state index in [-0.39, 0.29) is 12.5 Å². The summed E-state index contributed by atoms with van der Waals surface area (Å²) in [5, 5.41) is 14.6. The number of nitrogens with one attached hydrogen (secondary N) is 2. The first-order valence-corrected chi connectivity index (χ1v) is 9.53. The molecule has 0 saturated heterocycles. The van der Waals surface area contributed by atoms with E-state index in [1.165, 1.54) is 0 Å². The number of nitrogens with zero attached hydrogens (tertiary/aromatic N) is 6. The molecule has 1 aliphatic heterocycles. The molecule has 4 rings (SSSR count). The predicted molar refractivity (Wildman–Crippen MR) is 108 cm³/mol. The molecule has 152 valence electrons. The second-order valence-corrected chi connectivity index (χ2v) is 7.15. The molecule has 3 aromatic heterocycles. The average Bonchev–Trinajstić information content (AvgIpc) is 3.28. The van der Waals surface area contributed by atoms with E-state index in [2.05, 4.69) is 37.8 Å². The molecule has 0 atom stereocenters. The van der Waals surface area contributed by atoms with E-state index < -0.39 is 0 Å². The lowest BCUT2D eigenvalue weighted by atomic mass is 10.1. The number of rotatable bonds is 6. The minimum Gasteiger partial charge on any atom is -0.361 e. The highest BCUT2D eigenvalue weighted by molar-refractivity contribution is 6.00. The number of hydrogen-bond acceptors (Lipinski definition) is 8. The van der Waals surface area contributed by atoms with E-state index >= 15 is 0 Å². The number of aromatic nitrogens is 5. The van der Waals surface area contributed by atoms with Crippen LogP contribution in [0.25, 0.3) is 0 Å². The standard InChI is InChI=1S/C19H24N8O2/c1-5-15-14(12(3)29-25-15)9-27-8-13(7-21-27)6-20-19-22-11(2)17-18(24-19)26(4)10-16(28)23-17/h7-8H,5-6,9-10H2,1-4H3,(H,23,28)(H,20,22,24). The molecule has 1 aliphatic rings. The van der Waals surface area contributed by atoms with Crippen LogP contribution in [0.3, 0.4) is 0 Å². The largest absolute Gasteiger partial charge is 0.361 e. The highest BCUT2D eigenvalue weighted by Crippen LogP contribution is 2.29. The molecule has 2 N–H and O–H groups in total. The molecular formula is C19H24N8O2. The van der Waals surface area contributed by atoms with Gasteiger partial charge in [0.05, 0.1) is 30.7 Å². The smallest absolute Gasteiger partial charge is 0.244 e. The molecule has 3 aromatic rings. The first kappa shape index (κ1) is 18.9. The first-order chi connectivity index (χ1) is 13.9. The number of likely N-dealkylation sites (N-methyl/N-ethyl adjacent to an activating group) is 1. The second kappa shape index (κ2) is 7.53. The van der Waals surface area contributed by atoms with Crippen molar-refractivity contribution in [1.82, 2.24) is 24.9 Å². The zero-order valence-electron chi connectivity index (χ0n) is 17.0. The van der Waals surface area contributed by atoms with Gasteiger partial charge in [0.1, 0.15) is 11.4 Å². The lowest BCUT2D eigenvalue weighted by Gasteiger charge is -2.27. The Bertz CT molecular complexity index is 1050. The summed E-state index contributed by atoms with van der Waals surface area (Å²) in [7, 11) is 1.84. The Morgan fingerprint density at radius 1 is 1.31 bits per heavy atom. The molecule has 0 aromatic carbocycles. The molecule has 0 saturated carbocycles. The molecule has 0 radical (unpaired) electrons. The summed E-state index contributed by atoms with van der Waals surface area (Å²) in [6.45, 7) is 7.27. The number of carbonyl (C=O) groups excluding carboxylic acids is 1. The van der Waals surface area contributed by atoms with Crippen LogP contribution in [0.4, 0.5) is 17.5 Å². The zero-order valence-corrected chi connectivity index (χ0v) is 17.0. The number of amides is 1. The summed E-state index contributed by atoms with van der Waals surface area (Å²) in [5.74, 6) is 1.99. The van der Waals surface area contributed by atoms with Gasteiger partial charge in [-0.3, -0.25) is 9.48 Å². The van der Waals surface area contributed by atoms with E-state index in [4.69, 9.17) is 4.52 Å². The Balaban J connectivity index is 1.45. The van der Waals surface area contributed by atoms with Crippen LogP contribution in [-0.2, 0) is 24.3 Å². The predicted octanol–water partition coefficient (Wildman–Crippen LogP) is 1.89. The fourth-order valence-corrected chi connectivity index (χ4v) is 3.37.